The zero-order chi connectivity index (χ0) is 13.2. The molecule has 2 rings (SSSR count). The fraction of sp³-hybridized carbons (Fsp3) is 0.500. The number of rotatable bonds is 3. The molecule has 2 N–H and O–H groups in total. The van der Waals surface area contributed by atoms with Crippen LogP contribution in [0.2, 0.25) is 0 Å². The zero-order valence-electron chi connectivity index (χ0n) is 9.84. The van der Waals surface area contributed by atoms with E-state index in [-0.39, 0.29) is 10.9 Å². The van der Waals surface area contributed by atoms with Crippen LogP contribution in [0.3, 0.4) is 0 Å². The van der Waals surface area contributed by atoms with Crippen LogP contribution in [0.25, 0.3) is 0 Å². The van der Waals surface area contributed by atoms with Crippen LogP contribution in [-0.2, 0) is 10.0 Å². The second-order valence-electron chi connectivity index (χ2n) is 4.59. The van der Waals surface area contributed by atoms with Gasteiger partial charge in [-0.15, -0.1) is 0 Å². The van der Waals surface area contributed by atoms with E-state index in [0.717, 1.165) is 31.4 Å². The van der Waals surface area contributed by atoms with Gasteiger partial charge in [0.1, 0.15) is 5.82 Å². The molecule has 1 aliphatic rings. The molecule has 1 saturated carbocycles. The van der Waals surface area contributed by atoms with Crippen molar-refractivity contribution in [2.24, 2.45) is 0 Å². The van der Waals surface area contributed by atoms with Gasteiger partial charge in [0.25, 0.3) is 0 Å². The Hall–Kier alpha value is -0.980. The summed E-state index contributed by atoms with van der Waals surface area (Å²) in [6, 6.07) is 4.45. The van der Waals surface area contributed by atoms with Gasteiger partial charge in [-0.3, -0.25) is 0 Å². The smallest absolute Gasteiger partial charge is 0.240 e. The van der Waals surface area contributed by atoms with Crippen molar-refractivity contribution < 1.29 is 17.9 Å². The van der Waals surface area contributed by atoms with E-state index in [0.29, 0.717) is 6.42 Å². The van der Waals surface area contributed by atoms with E-state index in [4.69, 9.17) is 0 Å². The summed E-state index contributed by atoms with van der Waals surface area (Å²) in [5.41, 5.74) is 0. The number of hydrogen-bond acceptors (Lipinski definition) is 3. The number of sulfonamides is 1. The summed E-state index contributed by atoms with van der Waals surface area (Å²) < 4.78 is 39.3. The Morgan fingerprint density at radius 2 is 1.89 bits per heavy atom. The Morgan fingerprint density at radius 3 is 2.50 bits per heavy atom. The molecule has 0 amide bonds. The molecule has 4 nitrogen and oxygen atoms in total. The lowest BCUT2D eigenvalue weighted by atomic mass is 9.94. The summed E-state index contributed by atoms with van der Waals surface area (Å²) >= 11 is 0. The maximum atomic E-state index is 12.7. The molecule has 2 unspecified atom stereocenters. The molecule has 0 aliphatic heterocycles. The highest BCUT2D eigenvalue weighted by atomic mass is 32.2. The fourth-order valence-electron chi connectivity index (χ4n) is 2.17. The average molecular weight is 273 g/mol. The van der Waals surface area contributed by atoms with Crippen molar-refractivity contribution in [1.82, 2.24) is 4.72 Å². The van der Waals surface area contributed by atoms with Gasteiger partial charge >= 0.3 is 0 Å². The van der Waals surface area contributed by atoms with Crippen LogP contribution in [0.4, 0.5) is 4.39 Å². The summed E-state index contributed by atoms with van der Waals surface area (Å²) in [4.78, 5) is 0.0453. The van der Waals surface area contributed by atoms with E-state index in [1.165, 1.54) is 12.1 Å². The van der Waals surface area contributed by atoms with E-state index in [1.807, 2.05) is 0 Å². The molecule has 100 valence electrons. The lowest BCUT2D eigenvalue weighted by Gasteiger charge is -2.26. The summed E-state index contributed by atoms with van der Waals surface area (Å²) in [7, 11) is -3.63. The average Bonchev–Trinajstić information content (AvgIpc) is 2.29. The summed E-state index contributed by atoms with van der Waals surface area (Å²) in [5, 5.41) is 9.50. The highest BCUT2D eigenvalue weighted by molar-refractivity contribution is 7.89. The van der Waals surface area contributed by atoms with Gasteiger partial charge in [0.05, 0.1) is 11.0 Å². The maximum Gasteiger partial charge on any atom is 0.240 e. The van der Waals surface area contributed by atoms with E-state index in [2.05, 4.69) is 4.72 Å². The predicted octanol–water partition coefficient (Wildman–Crippen LogP) is 1.41. The van der Waals surface area contributed by atoms with Gasteiger partial charge < -0.3 is 5.11 Å². The van der Waals surface area contributed by atoms with Crippen molar-refractivity contribution in [3.63, 3.8) is 0 Å². The molecule has 0 saturated heterocycles. The topological polar surface area (TPSA) is 66.4 Å². The van der Waals surface area contributed by atoms with E-state index in [9.17, 15) is 17.9 Å². The second-order valence-corrected chi connectivity index (χ2v) is 6.31. The largest absolute Gasteiger partial charge is 0.393 e. The standard InChI is InChI=1S/C12H16FNO3S/c13-9-4-6-12(7-5-9)18(16,17)14-10-2-1-3-11(15)8-10/h4-7,10-11,14-15H,1-3,8H2. The monoisotopic (exact) mass is 273 g/mol. The van der Waals surface area contributed by atoms with Crippen molar-refractivity contribution in [1.29, 1.82) is 0 Å². The molecule has 1 fully saturated rings. The van der Waals surface area contributed by atoms with Gasteiger partial charge in [-0.2, -0.15) is 0 Å². The summed E-state index contributed by atoms with van der Waals surface area (Å²) in [6.45, 7) is 0. The van der Waals surface area contributed by atoms with Crippen LogP contribution in [0.5, 0.6) is 0 Å². The third-order valence-corrected chi connectivity index (χ3v) is 4.63. The van der Waals surface area contributed by atoms with Crippen LogP contribution >= 0.6 is 0 Å². The molecular weight excluding hydrogens is 257 g/mol. The Balaban J connectivity index is 2.09. The van der Waals surface area contributed by atoms with Gasteiger partial charge in [-0.25, -0.2) is 17.5 Å². The minimum absolute atomic E-state index is 0.0453. The molecule has 0 aromatic heterocycles. The number of nitrogens with one attached hydrogen (secondary N) is 1. The van der Waals surface area contributed by atoms with Crippen LogP contribution < -0.4 is 4.72 Å². The zero-order valence-corrected chi connectivity index (χ0v) is 10.7. The Kier molecular flexibility index (Phi) is 3.99. The van der Waals surface area contributed by atoms with Gasteiger partial charge in [-0.1, -0.05) is 0 Å². The van der Waals surface area contributed by atoms with Crippen molar-refractivity contribution in [3.8, 4) is 0 Å². The number of halogens is 1. The molecule has 0 bridgehead atoms. The van der Waals surface area contributed by atoms with Gasteiger partial charge in [0, 0.05) is 6.04 Å². The first-order chi connectivity index (χ1) is 8.47. The number of aliphatic hydroxyl groups excluding tert-OH is 1. The predicted molar refractivity (Wildman–Crippen MR) is 65.0 cm³/mol. The van der Waals surface area contributed by atoms with Crippen molar-refractivity contribution >= 4 is 10.0 Å². The quantitative estimate of drug-likeness (QED) is 0.875. The van der Waals surface area contributed by atoms with E-state index in [1.54, 1.807) is 0 Å². The third-order valence-electron chi connectivity index (χ3n) is 3.09. The first kappa shape index (κ1) is 13.5. The van der Waals surface area contributed by atoms with Crippen molar-refractivity contribution in [2.75, 3.05) is 0 Å². The summed E-state index contributed by atoms with van der Waals surface area (Å²) in [5.74, 6) is -0.470. The minimum Gasteiger partial charge on any atom is -0.393 e. The van der Waals surface area contributed by atoms with Gasteiger partial charge in [-0.05, 0) is 49.9 Å². The van der Waals surface area contributed by atoms with E-state index >= 15 is 0 Å². The molecular formula is C12H16FNO3S. The molecule has 1 aromatic rings. The molecule has 2 atom stereocenters. The number of benzene rings is 1. The third kappa shape index (κ3) is 3.28. The van der Waals surface area contributed by atoms with Gasteiger partial charge in [0.2, 0.25) is 10.0 Å². The van der Waals surface area contributed by atoms with Gasteiger partial charge in [0.15, 0.2) is 0 Å². The lowest BCUT2D eigenvalue weighted by molar-refractivity contribution is 0.117. The molecule has 18 heavy (non-hydrogen) atoms. The molecule has 1 aliphatic carbocycles. The Morgan fingerprint density at radius 1 is 1.22 bits per heavy atom. The minimum atomic E-state index is -3.63. The van der Waals surface area contributed by atoms with Crippen LogP contribution in [0, 0.1) is 5.82 Å². The van der Waals surface area contributed by atoms with E-state index < -0.39 is 21.9 Å². The Bertz CT molecular complexity index is 501. The SMILES string of the molecule is O=S(=O)(NC1CCCC(O)C1)c1ccc(F)cc1. The first-order valence-corrected chi connectivity index (χ1v) is 7.41. The molecule has 1 aromatic carbocycles. The lowest BCUT2D eigenvalue weighted by Crippen LogP contribution is -2.39. The normalized spacial score (nSPS) is 25.0. The Labute approximate surface area is 106 Å². The first-order valence-electron chi connectivity index (χ1n) is 5.93. The number of aliphatic hydroxyl groups is 1. The van der Waals surface area contributed by atoms with Crippen molar-refractivity contribution in [2.45, 2.75) is 42.7 Å². The summed E-state index contributed by atoms with van der Waals surface area (Å²) in [6.07, 6.45) is 2.23. The molecule has 6 heteroatoms. The van der Waals surface area contributed by atoms with Crippen molar-refractivity contribution in [3.05, 3.63) is 30.1 Å². The maximum absolute atomic E-state index is 12.7. The highest BCUT2D eigenvalue weighted by Gasteiger charge is 2.25. The highest BCUT2D eigenvalue weighted by Crippen LogP contribution is 2.20. The van der Waals surface area contributed by atoms with Crippen LogP contribution in [0.15, 0.2) is 29.2 Å². The van der Waals surface area contributed by atoms with Crippen LogP contribution in [-0.4, -0.2) is 25.7 Å². The molecule has 0 radical (unpaired) electrons. The van der Waals surface area contributed by atoms with Crippen LogP contribution in [0.1, 0.15) is 25.7 Å². The molecule has 0 spiro atoms. The fourth-order valence-corrected chi connectivity index (χ4v) is 3.46. The molecule has 0 heterocycles. The second kappa shape index (κ2) is 5.34. The number of hydrogen-bond donors (Lipinski definition) is 2.